The molecular formula is C15H20N2O2S. The first kappa shape index (κ1) is 14.9. The van der Waals surface area contributed by atoms with Crippen LogP contribution in [0, 0.1) is 5.92 Å². The van der Waals surface area contributed by atoms with Crippen molar-refractivity contribution < 1.29 is 9.90 Å². The van der Waals surface area contributed by atoms with Gasteiger partial charge in [0.25, 0.3) is 0 Å². The van der Waals surface area contributed by atoms with E-state index >= 15 is 0 Å². The summed E-state index contributed by atoms with van der Waals surface area (Å²) in [5, 5.41) is 9.97. The Balaban J connectivity index is 2.09. The van der Waals surface area contributed by atoms with Gasteiger partial charge in [0, 0.05) is 13.1 Å². The van der Waals surface area contributed by atoms with Crippen LogP contribution in [0.25, 0.3) is 0 Å². The van der Waals surface area contributed by atoms with Crippen LogP contribution in [0.5, 0.6) is 0 Å². The Bertz CT molecular complexity index is 502. The Kier molecular flexibility index (Phi) is 4.40. The van der Waals surface area contributed by atoms with Crippen LogP contribution in [0.2, 0.25) is 0 Å². The third-order valence-electron chi connectivity index (χ3n) is 3.69. The Morgan fingerprint density at radius 1 is 1.50 bits per heavy atom. The van der Waals surface area contributed by atoms with Crippen molar-refractivity contribution in [1.29, 1.82) is 0 Å². The zero-order valence-corrected chi connectivity index (χ0v) is 12.4. The molecule has 108 valence electrons. The summed E-state index contributed by atoms with van der Waals surface area (Å²) in [5.41, 5.74) is 5.97. The van der Waals surface area contributed by atoms with Gasteiger partial charge in [0.05, 0.1) is 16.5 Å². The molecule has 5 heteroatoms. The van der Waals surface area contributed by atoms with Crippen molar-refractivity contribution in [2.45, 2.75) is 25.4 Å². The van der Waals surface area contributed by atoms with Gasteiger partial charge in [-0.3, -0.25) is 4.79 Å². The van der Waals surface area contributed by atoms with E-state index in [9.17, 15) is 9.90 Å². The molecule has 1 aliphatic rings. The van der Waals surface area contributed by atoms with Gasteiger partial charge in [0.15, 0.2) is 0 Å². The number of likely N-dealkylation sites (tertiary alicyclic amines) is 1. The second-order valence-corrected chi connectivity index (χ2v) is 6.12. The molecule has 3 N–H and O–H groups in total. The molecule has 0 aromatic heterocycles. The molecule has 0 bridgehead atoms. The van der Waals surface area contributed by atoms with Crippen LogP contribution < -0.4 is 5.73 Å². The number of nitrogens with zero attached hydrogens (tertiary/aromatic N) is 1. The number of thiocarbonyl (C=S) groups is 1. The lowest BCUT2D eigenvalue weighted by molar-refractivity contribution is -0.133. The van der Waals surface area contributed by atoms with E-state index in [-0.39, 0.29) is 10.9 Å². The first-order chi connectivity index (χ1) is 9.39. The molecule has 0 aliphatic carbocycles. The number of rotatable bonds is 4. The molecule has 0 saturated carbocycles. The van der Waals surface area contributed by atoms with E-state index < -0.39 is 11.5 Å². The van der Waals surface area contributed by atoms with Crippen LogP contribution in [0.15, 0.2) is 30.3 Å². The minimum atomic E-state index is -0.802. The third kappa shape index (κ3) is 3.55. The number of aliphatic hydroxyl groups is 1. The summed E-state index contributed by atoms with van der Waals surface area (Å²) in [6.07, 6.45) is 1.10. The average molecular weight is 292 g/mol. The molecule has 2 atom stereocenters. The summed E-state index contributed by atoms with van der Waals surface area (Å²) in [4.78, 5) is 14.4. The van der Waals surface area contributed by atoms with Crippen molar-refractivity contribution in [3.05, 3.63) is 35.9 Å². The van der Waals surface area contributed by atoms with Gasteiger partial charge in [-0.15, -0.1) is 0 Å². The highest BCUT2D eigenvalue weighted by Crippen LogP contribution is 2.23. The number of hydrogen-bond acceptors (Lipinski definition) is 3. The van der Waals surface area contributed by atoms with Gasteiger partial charge in [-0.2, -0.15) is 0 Å². The van der Waals surface area contributed by atoms with E-state index in [1.807, 2.05) is 30.3 Å². The minimum Gasteiger partial charge on any atom is -0.393 e. The fourth-order valence-corrected chi connectivity index (χ4v) is 2.70. The van der Waals surface area contributed by atoms with Crippen molar-refractivity contribution in [2.24, 2.45) is 11.7 Å². The highest BCUT2D eigenvalue weighted by Gasteiger charge is 2.37. The molecular weight excluding hydrogens is 272 g/mol. The number of carbonyl (C=O) groups is 1. The average Bonchev–Trinajstić information content (AvgIpc) is 2.76. The van der Waals surface area contributed by atoms with E-state index in [2.05, 4.69) is 0 Å². The van der Waals surface area contributed by atoms with Crippen molar-refractivity contribution in [3.63, 3.8) is 0 Å². The summed E-state index contributed by atoms with van der Waals surface area (Å²) in [6.45, 7) is 2.65. The summed E-state index contributed by atoms with van der Waals surface area (Å²) in [5.74, 6) is -0.583. The standard InChI is InChI=1S/C15H20N2O2S/c1-15(19)7-8-17(10-15)14(18)12(13(16)20)9-11-5-3-2-4-6-11/h2-6,12,19H,7-10H2,1H3,(H2,16,20). The van der Waals surface area contributed by atoms with Crippen LogP contribution in [-0.2, 0) is 11.2 Å². The Morgan fingerprint density at radius 3 is 2.65 bits per heavy atom. The second kappa shape index (κ2) is 5.89. The first-order valence-corrected chi connectivity index (χ1v) is 7.14. The smallest absolute Gasteiger partial charge is 0.232 e. The maximum Gasteiger partial charge on any atom is 0.232 e. The minimum absolute atomic E-state index is 0.0841. The van der Waals surface area contributed by atoms with Crippen molar-refractivity contribution in [3.8, 4) is 0 Å². The van der Waals surface area contributed by atoms with Gasteiger partial charge in [-0.25, -0.2) is 0 Å². The monoisotopic (exact) mass is 292 g/mol. The van der Waals surface area contributed by atoms with Gasteiger partial charge < -0.3 is 15.7 Å². The number of nitrogens with two attached hydrogens (primary N) is 1. The Hall–Kier alpha value is -1.46. The fourth-order valence-electron chi connectivity index (χ4n) is 2.51. The zero-order valence-electron chi connectivity index (χ0n) is 11.6. The molecule has 1 amide bonds. The Morgan fingerprint density at radius 2 is 2.15 bits per heavy atom. The van der Waals surface area contributed by atoms with Crippen LogP contribution in [-0.4, -0.2) is 39.6 Å². The topological polar surface area (TPSA) is 66.6 Å². The van der Waals surface area contributed by atoms with Crippen LogP contribution in [0.4, 0.5) is 0 Å². The largest absolute Gasteiger partial charge is 0.393 e. The van der Waals surface area contributed by atoms with Crippen molar-refractivity contribution >= 4 is 23.1 Å². The molecule has 1 saturated heterocycles. The van der Waals surface area contributed by atoms with E-state index in [0.29, 0.717) is 25.9 Å². The van der Waals surface area contributed by atoms with Gasteiger partial charge in [-0.05, 0) is 25.3 Å². The highest BCUT2D eigenvalue weighted by molar-refractivity contribution is 7.80. The molecule has 4 nitrogen and oxygen atoms in total. The maximum absolute atomic E-state index is 12.5. The van der Waals surface area contributed by atoms with Crippen LogP contribution in [0.1, 0.15) is 18.9 Å². The third-order valence-corrected chi connectivity index (χ3v) is 3.97. The number of carbonyl (C=O) groups excluding carboxylic acids is 1. The van der Waals surface area contributed by atoms with E-state index in [1.54, 1.807) is 11.8 Å². The quantitative estimate of drug-likeness (QED) is 0.816. The van der Waals surface area contributed by atoms with Crippen molar-refractivity contribution in [1.82, 2.24) is 4.90 Å². The summed E-state index contributed by atoms with van der Waals surface area (Å²) >= 11 is 5.05. The molecule has 2 rings (SSSR count). The van der Waals surface area contributed by atoms with Gasteiger partial charge in [-0.1, -0.05) is 42.5 Å². The molecule has 1 fully saturated rings. The van der Waals surface area contributed by atoms with E-state index in [1.165, 1.54) is 0 Å². The lowest BCUT2D eigenvalue weighted by Crippen LogP contribution is -2.42. The number of amides is 1. The van der Waals surface area contributed by atoms with Crippen LogP contribution in [0.3, 0.4) is 0 Å². The van der Waals surface area contributed by atoms with Crippen LogP contribution >= 0.6 is 12.2 Å². The first-order valence-electron chi connectivity index (χ1n) is 6.73. The summed E-state index contributed by atoms with van der Waals surface area (Å²) in [7, 11) is 0. The van der Waals surface area contributed by atoms with E-state index in [4.69, 9.17) is 18.0 Å². The number of benzene rings is 1. The lowest BCUT2D eigenvalue weighted by atomic mass is 9.98. The van der Waals surface area contributed by atoms with E-state index in [0.717, 1.165) is 5.56 Å². The molecule has 2 unspecified atom stereocenters. The fraction of sp³-hybridized carbons (Fsp3) is 0.467. The number of hydrogen-bond donors (Lipinski definition) is 2. The maximum atomic E-state index is 12.5. The second-order valence-electron chi connectivity index (χ2n) is 5.65. The highest BCUT2D eigenvalue weighted by atomic mass is 32.1. The summed E-state index contributed by atoms with van der Waals surface area (Å²) < 4.78 is 0. The number of β-amino-alcohol motifs (C(OH)–C–C–N with tert-alkyl or cyclic N) is 1. The normalized spacial score (nSPS) is 23.6. The van der Waals surface area contributed by atoms with Gasteiger partial charge >= 0.3 is 0 Å². The van der Waals surface area contributed by atoms with Gasteiger partial charge in [0.1, 0.15) is 0 Å². The predicted octanol–water partition coefficient (Wildman–Crippen LogP) is 1.11. The Labute approximate surface area is 124 Å². The predicted molar refractivity (Wildman–Crippen MR) is 82.2 cm³/mol. The summed E-state index contributed by atoms with van der Waals surface area (Å²) in [6, 6.07) is 9.70. The van der Waals surface area contributed by atoms with Crippen molar-refractivity contribution in [2.75, 3.05) is 13.1 Å². The molecule has 20 heavy (non-hydrogen) atoms. The molecule has 0 spiro atoms. The zero-order chi connectivity index (χ0) is 14.8. The SMILES string of the molecule is CC1(O)CCN(C(=O)C(Cc2ccccc2)C(N)=S)C1. The van der Waals surface area contributed by atoms with Gasteiger partial charge in [0.2, 0.25) is 5.91 Å². The lowest BCUT2D eigenvalue weighted by Gasteiger charge is -2.24. The molecule has 1 heterocycles. The molecule has 1 aromatic carbocycles. The molecule has 1 aliphatic heterocycles. The molecule has 0 radical (unpaired) electrons. The molecule has 1 aromatic rings.